The molecule has 0 radical (unpaired) electrons. The highest BCUT2D eigenvalue weighted by atomic mass is 16.4. The van der Waals surface area contributed by atoms with Crippen molar-refractivity contribution in [3.8, 4) is 0 Å². The SMILES string of the molecule is C/C(=C\C(C)CC(C)CC(C)C)C(CC(=O)O)C(=O)N=O. The number of hydrogen-bond acceptors (Lipinski definition) is 3. The summed E-state index contributed by atoms with van der Waals surface area (Å²) in [5, 5.41) is 11.2. The van der Waals surface area contributed by atoms with E-state index in [1.165, 1.54) is 0 Å². The van der Waals surface area contributed by atoms with E-state index in [1.54, 1.807) is 6.92 Å². The first kappa shape index (κ1) is 19.5. The standard InChI is InChI=1S/C16H27NO4/c1-10(2)6-11(3)7-12(4)8-13(5)14(9-15(18)19)16(20)17-21/h8,10-12,14H,6-7,9H2,1-5H3,(H,18,19)/b13-8+. The van der Waals surface area contributed by atoms with Gasteiger partial charge >= 0.3 is 5.97 Å². The Morgan fingerprint density at radius 3 is 2.14 bits per heavy atom. The number of allylic oxidation sites excluding steroid dienone is 1. The van der Waals surface area contributed by atoms with Gasteiger partial charge < -0.3 is 5.11 Å². The average Bonchev–Trinajstić information content (AvgIpc) is 2.33. The largest absolute Gasteiger partial charge is 0.481 e. The maximum absolute atomic E-state index is 11.5. The van der Waals surface area contributed by atoms with Crippen molar-refractivity contribution in [2.45, 2.75) is 53.9 Å². The first-order valence-corrected chi connectivity index (χ1v) is 7.44. The zero-order valence-electron chi connectivity index (χ0n) is 13.6. The molecule has 5 heteroatoms. The van der Waals surface area contributed by atoms with Gasteiger partial charge in [-0.15, -0.1) is 4.91 Å². The van der Waals surface area contributed by atoms with Gasteiger partial charge in [-0.3, -0.25) is 9.59 Å². The van der Waals surface area contributed by atoms with Crippen molar-refractivity contribution >= 4 is 11.9 Å². The summed E-state index contributed by atoms with van der Waals surface area (Å²) in [6.07, 6.45) is 3.61. The van der Waals surface area contributed by atoms with Gasteiger partial charge in [0.2, 0.25) is 0 Å². The van der Waals surface area contributed by atoms with E-state index in [0.29, 0.717) is 17.4 Å². The molecule has 0 aliphatic rings. The minimum atomic E-state index is -1.11. The third-order valence-corrected chi connectivity index (χ3v) is 3.51. The number of nitrogens with zero attached hydrogens (tertiary/aromatic N) is 1. The molecule has 0 aromatic rings. The second-order valence-electron chi connectivity index (χ2n) is 6.44. The molecule has 3 unspecified atom stereocenters. The van der Waals surface area contributed by atoms with Gasteiger partial charge in [-0.25, -0.2) is 0 Å². The van der Waals surface area contributed by atoms with E-state index in [9.17, 15) is 14.5 Å². The van der Waals surface area contributed by atoms with Crippen LogP contribution in [0.1, 0.15) is 53.9 Å². The molecule has 1 amide bonds. The molecule has 0 fully saturated rings. The first-order chi connectivity index (χ1) is 9.67. The average molecular weight is 297 g/mol. The molecule has 0 bridgehead atoms. The van der Waals surface area contributed by atoms with E-state index < -0.39 is 17.8 Å². The van der Waals surface area contributed by atoms with Crippen LogP contribution >= 0.6 is 0 Å². The predicted molar refractivity (Wildman–Crippen MR) is 82.7 cm³/mol. The Morgan fingerprint density at radius 1 is 1.14 bits per heavy atom. The van der Waals surface area contributed by atoms with E-state index in [-0.39, 0.29) is 12.3 Å². The number of aliphatic carboxylic acids is 1. The quantitative estimate of drug-likeness (QED) is 0.514. The van der Waals surface area contributed by atoms with Crippen molar-refractivity contribution in [2.75, 3.05) is 0 Å². The van der Waals surface area contributed by atoms with E-state index in [4.69, 9.17) is 5.11 Å². The summed E-state index contributed by atoms with van der Waals surface area (Å²) in [7, 11) is 0. The zero-order valence-corrected chi connectivity index (χ0v) is 13.6. The zero-order chi connectivity index (χ0) is 16.6. The van der Waals surface area contributed by atoms with E-state index in [0.717, 1.165) is 12.8 Å². The maximum atomic E-state index is 11.5. The van der Waals surface area contributed by atoms with Crippen molar-refractivity contribution in [1.29, 1.82) is 0 Å². The van der Waals surface area contributed by atoms with Crippen molar-refractivity contribution in [2.24, 2.45) is 28.8 Å². The molecule has 120 valence electrons. The van der Waals surface area contributed by atoms with Crippen molar-refractivity contribution < 1.29 is 14.7 Å². The maximum Gasteiger partial charge on any atom is 0.304 e. The molecule has 0 saturated carbocycles. The highest BCUT2D eigenvalue weighted by molar-refractivity contribution is 5.86. The van der Waals surface area contributed by atoms with Gasteiger partial charge in [0, 0.05) is 5.18 Å². The first-order valence-electron chi connectivity index (χ1n) is 7.44. The van der Waals surface area contributed by atoms with Crippen LogP contribution in [0.5, 0.6) is 0 Å². The Labute approximate surface area is 126 Å². The Morgan fingerprint density at radius 2 is 1.71 bits per heavy atom. The Balaban J connectivity index is 4.81. The number of carbonyl (C=O) groups excluding carboxylic acids is 1. The van der Waals surface area contributed by atoms with E-state index in [2.05, 4.69) is 25.9 Å². The third kappa shape index (κ3) is 8.38. The third-order valence-electron chi connectivity index (χ3n) is 3.51. The molecule has 0 aliphatic heterocycles. The van der Waals surface area contributed by atoms with Gasteiger partial charge in [0.1, 0.15) is 0 Å². The molecule has 0 saturated heterocycles. The number of rotatable bonds is 9. The molecule has 0 rings (SSSR count). The molecule has 21 heavy (non-hydrogen) atoms. The van der Waals surface area contributed by atoms with Crippen molar-refractivity contribution in [3.05, 3.63) is 16.6 Å². The van der Waals surface area contributed by atoms with Crippen molar-refractivity contribution in [3.63, 3.8) is 0 Å². The monoisotopic (exact) mass is 297 g/mol. The minimum absolute atomic E-state index is 0.231. The number of carboxylic acid groups (broad SMARTS) is 1. The number of nitroso groups, excluding NO2 is 1. The minimum Gasteiger partial charge on any atom is -0.481 e. The van der Waals surface area contributed by atoms with Gasteiger partial charge in [-0.1, -0.05) is 39.3 Å². The number of hydrogen-bond donors (Lipinski definition) is 1. The van der Waals surface area contributed by atoms with Crippen molar-refractivity contribution in [1.82, 2.24) is 0 Å². The van der Waals surface area contributed by atoms with Crippen LogP contribution in [0.15, 0.2) is 16.8 Å². The van der Waals surface area contributed by atoms with Gasteiger partial charge in [0.05, 0.1) is 12.3 Å². The fourth-order valence-corrected chi connectivity index (χ4v) is 2.85. The van der Waals surface area contributed by atoms with Crippen LogP contribution in [0.25, 0.3) is 0 Å². The van der Waals surface area contributed by atoms with Crippen LogP contribution in [0.4, 0.5) is 0 Å². The van der Waals surface area contributed by atoms with Gasteiger partial charge in [-0.2, -0.15) is 0 Å². The lowest BCUT2D eigenvalue weighted by Crippen LogP contribution is -2.18. The molecule has 0 heterocycles. The fraction of sp³-hybridized carbons (Fsp3) is 0.750. The van der Waals surface area contributed by atoms with E-state index in [1.807, 2.05) is 13.0 Å². The molecular weight excluding hydrogens is 270 g/mol. The van der Waals surface area contributed by atoms with Crippen LogP contribution in [0.2, 0.25) is 0 Å². The molecule has 1 N–H and O–H groups in total. The van der Waals surface area contributed by atoms with E-state index >= 15 is 0 Å². The summed E-state index contributed by atoms with van der Waals surface area (Å²) in [5.41, 5.74) is 0.617. The lowest BCUT2D eigenvalue weighted by molar-refractivity contribution is -0.139. The second-order valence-corrected chi connectivity index (χ2v) is 6.44. The molecular formula is C16H27NO4. The van der Waals surface area contributed by atoms with Crippen LogP contribution in [0.3, 0.4) is 0 Å². The van der Waals surface area contributed by atoms with Crippen LogP contribution in [-0.2, 0) is 9.59 Å². The van der Waals surface area contributed by atoms with Crippen LogP contribution in [0, 0.1) is 28.6 Å². The van der Waals surface area contributed by atoms with Crippen LogP contribution < -0.4 is 0 Å². The number of amides is 1. The second kappa shape index (κ2) is 9.42. The molecule has 0 aromatic heterocycles. The van der Waals surface area contributed by atoms with Crippen LogP contribution in [-0.4, -0.2) is 17.0 Å². The summed E-state index contributed by atoms with van der Waals surface area (Å²) in [6.45, 7) is 10.3. The summed E-state index contributed by atoms with van der Waals surface area (Å²) in [4.78, 5) is 32.6. The summed E-state index contributed by atoms with van der Waals surface area (Å²) in [5.74, 6) is -1.53. The summed E-state index contributed by atoms with van der Waals surface area (Å²) in [6, 6.07) is 0. The normalized spacial score (nSPS) is 16.4. The lowest BCUT2D eigenvalue weighted by atomic mass is 9.87. The van der Waals surface area contributed by atoms with Gasteiger partial charge in [0.15, 0.2) is 0 Å². The number of carboxylic acids is 1. The topological polar surface area (TPSA) is 83.8 Å². The highest BCUT2D eigenvalue weighted by Crippen LogP contribution is 2.24. The molecule has 0 spiro atoms. The molecule has 5 nitrogen and oxygen atoms in total. The summed E-state index contributed by atoms with van der Waals surface area (Å²) < 4.78 is 0. The predicted octanol–water partition coefficient (Wildman–Crippen LogP) is 4.03. The molecule has 0 aromatic carbocycles. The smallest absolute Gasteiger partial charge is 0.304 e. The Bertz CT molecular complexity index is 401. The highest BCUT2D eigenvalue weighted by Gasteiger charge is 2.24. The summed E-state index contributed by atoms with van der Waals surface area (Å²) >= 11 is 0. The van der Waals surface area contributed by atoms with Gasteiger partial charge in [-0.05, 0) is 37.5 Å². The number of carbonyl (C=O) groups is 2. The lowest BCUT2D eigenvalue weighted by Gasteiger charge is -2.18. The Kier molecular flexibility index (Phi) is 8.74. The Hall–Kier alpha value is -1.52. The molecule has 3 atom stereocenters. The molecule has 0 aliphatic carbocycles. The van der Waals surface area contributed by atoms with Gasteiger partial charge in [0.25, 0.3) is 5.91 Å². The fourth-order valence-electron chi connectivity index (χ4n) is 2.85.